The summed E-state index contributed by atoms with van der Waals surface area (Å²) in [5.74, 6) is 0.103. The SMILES string of the molecule is COc1ccc(NC(=O)c2cnc(Nc3ccc(F)c(Cl)c3)nc2)cc1. The molecule has 0 fully saturated rings. The number of nitrogens with zero attached hydrogens (tertiary/aromatic N) is 2. The minimum Gasteiger partial charge on any atom is -0.497 e. The Balaban J connectivity index is 1.66. The summed E-state index contributed by atoms with van der Waals surface area (Å²) >= 11 is 5.73. The minimum atomic E-state index is -0.510. The van der Waals surface area contributed by atoms with Gasteiger partial charge in [-0.05, 0) is 42.5 Å². The van der Waals surface area contributed by atoms with Crippen LogP contribution in [0.4, 0.5) is 21.7 Å². The molecule has 3 aromatic rings. The molecule has 0 radical (unpaired) electrons. The predicted octanol–water partition coefficient (Wildman–Crippen LogP) is 4.27. The van der Waals surface area contributed by atoms with Gasteiger partial charge in [-0.1, -0.05) is 11.6 Å². The third-order valence-electron chi connectivity index (χ3n) is 3.44. The van der Waals surface area contributed by atoms with E-state index in [4.69, 9.17) is 16.3 Å². The second-order valence-electron chi connectivity index (χ2n) is 5.23. The Morgan fingerprint density at radius 1 is 1.08 bits per heavy atom. The zero-order valence-electron chi connectivity index (χ0n) is 13.7. The molecule has 0 atom stereocenters. The number of hydrogen-bond donors (Lipinski definition) is 2. The van der Waals surface area contributed by atoms with E-state index in [0.29, 0.717) is 22.7 Å². The van der Waals surface area contributed by atoms with E-state index in [1.165, 1.54) is 30.6 Å². The van der Waals surface area contributed by atoms with Gasteiger partial charge in [-0.3, -0.25) is 4.79 Å². The molecule has 0 aliphatic rings. The third kappa shape index (κ3) is 4.25. The fourth-order valence-electron chi connectivity index (χ4n) is 2.09. The topological polar surface area (TPSA) is 76.1 Å². The maximum Gasteiger partial charge on any atom is 0.258 e. The Kier molecular flexibility index (Phi) is 5.28. The highest BCUT2D eigenvalue weighted by atomic mass is 35.5. The molecule has 0 bridgehead atoms. The number of hydrogen-bond acceptors (Lipinski definition) is 5. The van der Waals surface area contributed by atoms with Crippen LogP contribution in [0.3, 0.4) is 0 Å². The number of benzene rings is 2. The van der Waals surface area contributed by atoms with E-state index >= 15 is 0 Å². The Morgan fingerprint density at radius 3 is 2.35 bits per heavy atom. The van der Waals surface area contributed by atoms with Gasteiger partial charge in [-0.25, -0.2) is 14.4 Å². The standard InChI is InChI=1S/C18H14ClFN4O2/c1-26-14-5-2-12(3-6-14)23-17(25)11-9-21-18(22-10-11)24-13-4-7-16(20)15(19)8-13/h2-10H,1H3,(H,23,25)(H,21,22,24). The van der Waals surface area contributed by atoms with E-state index in [2.05, 4.69) is 20.6 Å². The first-order valence-corrected chi connectivity index (χ1v) is 7.92. The van der Waals surface area contributed by atoms with E-state index in [1.807, 2.05) is 0 Å². The molecule has 2 N–H and O–H groups in total. The molecule has 1 amide bonds. The monoisotopic (exact) mass is 372 g/mol. The van der Waals surface area contributed by atoms with E-state index in [1.54, 1.807) is 31.4 Å². The van der Waals surface area contributed by atoms with Crippen molar-refractivity contribution in [1.29, 1.82) is 0 Å². The van der Waals surface area contributed by atoms with E-state index in [9.17, 15) is 9.18 Å². The van der Waals surface area contributed by atoms with Crippen LogP contribution in [0.15, 0.2) is 54.9 Å². The van der Waals surface area contributed by atoms with Crippen molar-refractivity contribution in [1.82, 2.24) is 9.97 Å². The summed E-state index contributed by atoms with van der Waals surface area (Å²) in [4.78, 5) is 20.4. The summed E-state index contributed by atoms with van der Waals surface area (Å²) in [6.07, 6.45) is 2.78. The van der Waals surface area contributed by atoms with Crippen molar-refractivity contribution < 1.29 is 13.9 Å². The molecule has 0 aliphatic heterocycles. The van der Waals surface area contributed by atoms with Crippen molar-refractivity contribution in [3.05, 3.63) is 71.3 Å². The molecular formula is C18H14ClFN4O2. The number of rotatable bonds is 5. The summed E-state index contributed by atoms with van der Waals surface area (Å²) in [6, 6.07) is 11.1. The number of aromatic nitrogens is 2. The van der Waals surface area contributed by atoms with Crippen LogP contribution >= 0.6 is 11.6 Å². The van der Waals surface area contributed by atoms with Gasteiger partial charge in [0.05, 0.1) is 17.7 Å². The van der Waals surface area contributed by atoms with E-state index < -0.39 is 5.82 Å². The second kappa shape index (κ2) is 7.79. The molecule has 0 unspecified atom stereocenters. The number of halogens is 2. The smallest absolute Gasteiger partial charge is 0.258 e. The van der Waals surface area contributed by atoms with Gasteiger partial charge < -0.3 is 15.4 Å². The maximum atomic E-state index is 13.2. The van der Waals surface area contributed by atoms with E-state index in [0.717, 1.165) is 0 Å². The van der Waals surface area contributed by atoms with Gasteiger partial charge in [0.25, 0.3) is 5.91 Å². The lowest BCUT2D eigenvalue weighted by Gasteiger charge is -2.08. The van der Waals surface area contributed by atoms with E-state index in [-0.39, 0.29) is 16.9 Å². The molecule has 1 heterocycles. The Hall–Kier alpha value is -3.19. The number of ether oxygens (including phenoxy) is 1. The Labute approximate surface area is 154 Å². The number of nitrogens with one attached hydrogen (secondary N) is 2. The average molecular weight is 373 g/mol. The molecular weight excluding hydrogens is 359 g/mol. The maximum absolute atomic E-state index is 13.2. The van der Waals surface area contributed by atoms with Crippen LogP contribution in [0.5, 0.6) is 5.75 Å². The summed E-state index contributed by atoms with van der Waals surface area (Å²) in [5.41, 5.74) is 1.45. The van der Waals surface area contributed by atoms with Gasteiger partial charge in [0.2, 0.25) is 5.95 Å². The number of methoxy groups -OCH3 is 1. The molecule has 0 spiro atoms. The molecule has 132 valence electrons. The zero-order chi connectivity index (χ0) is 18.5. The predicted molar refractivity (Wildman–Crippen MR) is 97.7 cm³/mol. The molecule has 26 heavy (non-hydrogen) atoms. The van der Waals surface area contributed by atoms with Crippen molar-refractivity contribution in [2.75, 3.05) is 17.7 Å². The number of anilines is 3. The molecule has 8 heteroatoms. The highest BCUT2D eigenvalue weighted by Gasteiger charge is 2.09. The van der Waals surface area contributed by atoms with Gasteiger partial charge in [0.15, 0.2) is 0 Å². The number of amides is 1. The molecule has 0 saturated heterocycles. The van der Waals surface area contributed by atoms with Crippen molar-refractivity contribution in [2.45, 2.75) is 0 Å². The summed E-state index contributed by atoms with van der Waals surface area (Å²) in [6.45, 7) is 0. The second-order valence-corrected chi connectivity index (χ2v) is 5.64. The third-order valence-corrected chi connectivity index (χ3v) is 3.73. The molecule has 1 aromatic heterocycles. The van der Waals surface area contributed by atoms with Crippen molar-refractivity contribution in [2.24, 2.45) is 0 Å². The highest BCUT2D eigenvalue weighted by molar-refractivity contribution is 6.31. The minimum absolute atomic E-state index is 0.00881. The quantitative estimate of drug-likeness (QED) is 0.699. The fourth-order valence-corrected chi connectivity index (χ4v) is 2.27. The summed E-state index contributed by atoms with van der Waals surface area (Å²) < 4.78 is 18.2. The van der Waals surface area contributed by atoms with Gasteiger partial charge in [0.1, 0.15) is 11.6 Å². The van der Waals surface area contributed by atoms with Crippen LogP contribution in [0.1, 0.15) is 10.4 Å². The van der Waals surface area contributed by atoms with Gasteiger partial charge in [-0.15, -0.1) is 0 Å². The molecule has 3 rings (SSSR count). The molecule has 2 aromatic carbocycles. The van der Waals surface area contributed by atoms with Crippen molar-refractivity contribution in [3.63, 3.8) is 0 Å². The lowest BCUT2D eigenvalue weighted by Crippen LogP contribution is -2.13. The van der Waals surface area contributed by atoms with Gasteiger partial charge >= 0.3 is 0 Å². The van der Waals surface area contributed by atoms with Crippen LogP contribution in [-0.4, -0.2) is 23.0 Å². The average Bonchev–Trinajstić information content (AvgIpc) is 2.66. The lowest BCUT2D eigenvalue weighted by atomic mass is 10.2. The Morgan fingerprint density at radius 2 is 1.73 bits per heavy atom. The molecule has 6 nitrogen and oxygen atoms in total. The Bertz CT molecular complexity index is 917. The fraction of sp³-hybridized carbons (Fsp3) is 0.0556. The number of carbonyl (C=O) groups is 1. The van der Waals surface area contributed by atoms with Crippen molar-refractivity contribution >= 4 is 34.8 Å². The first-order valence-electron chi connectivity index (χ1n) is 7.54. The van der Waals surface area contributed by atoms with Gasteiger partial charge in [-0.2, -0.15) is 0 Å². The van der Waals surface area contributed by atoms with Crippen molar-refractivity contribution in [3.8, 4) is 5.75 Å². The molecule has 0 aliphatic carbocycles. The largest absolute Gasteiger partial charge is 0.497 e. The lowest BCUT2D eigenvalue weighted by molar-refractivity contribution is 0.102. The first kappa shape index (κ1) is 17.6. The normalized spacial score (nSPS) is 10.3. The zero-order valence-corrected chi connectivity index (χ0v) is 14.4. The number of carbonyl (C=O) groups excluding carboxylic acids is 1. The summed E-state index contributed by atoms with van der Waals surface area (Å²) in [7, 11) is 1.57. The van der Waals surface area contributed by atoms with Crippen LogP contribution in [0, 0.1) is 5.82 Å². The van der Waals surface area contributed by atoms with Crippen LogP contribution < -0.4 is 15.4 Å². The van der Waals surface area contributed by atoms with Crippen LogP contribution in [0.2, 0.25) is 5.02 Å². The summed E-state index contributed by atoms with van der Waals surface area (Å²) in [5, 5.41) is 5.61. The highest BCUT2D eigenvalue weighted by Crippen LogP contribution is 2.21. The van der Waals surface area contributed by atoms with Crippen LogP contribution in [0.25, 0.3) is 0 Å². The van der Waals surface area contributed by atoms with Crippen LogP contribution in [-0.2, 0) is 0 Å². The van der Waals surface area contributed by atoms with Gasteiger partial charge in [0, 0.05) is 23.8 Å². The molecule has 0 saturated carbocycles. The first-order chi connectivity index (χ1) is 12.5.